The highest BCUT2D eigenvalue weighted by atomic mass is 35.5. The average Bonchev–Trinajstić information content (AvgIpc) is 2.74. The summed E-state index contributed by atoms with van der Waals surface area (Å²) in [6, 6.07) is 20.6. The van der Waals surface area contributed by atoms with Crippen LogP contribution in [-0.4, -0.2) is 61.7 Å². The highest BCUT2D eigenvalue weighted by Crippen LogP contribution is 2.22. The molecule has 28 heavy (non-hydrogen) atoms. The molecule has 0 radical (unpaired) electrons. The summed E-state index contributed by atoms with van der Waals surface area (Å²) < 4.78 is 0. The zero-order chi connectivity index (χ0) is 18.5. The molecule has 0 bridgehead atoms. The minimum Gasteiger partial charge on any atom is -0.369 e. The number of piperidine rings is 1. The minimum atomic E-state index is 0. The molecule has 0 aromatic heterocycles. The van der Waals surface area contributed by atoms with Crippen LogP contribution in [0.4, 0.5) is 5.69 Å². The number of nitrogens with zero attached hydrogens (tertiary/aromatic N) is 3. The fourth-order valence-corrected chi connectivity index (χ4v) is 4.61. The SMILES string of the molecule is Cc1cccc(N2CCN(C3CCN(CCc4ccccc4)CC3)CC2)c1.Cl. The van der Waals surface area contributed by atoms with Crippen LogP contribution in [0, 0.1) is 6.92 Å². The Morgan fingerprint density at radius 3 is 2.21 bits per heavy atom. The monoisotopic (exact) mass is 399 g/mol. The van der Waals surface area contributed by atoms with Crippen LogP contribution in [0.5, 0.6) is 0 Å². The molecule has 0 amide bonds. The quantitative estimate of drug-likeness (QED) is 0.744. The van der Waals surface area contributed by atoms with E-state index in [2.05, 4.69) is 76.2 Å². The lowest BCUT2D eigenvalue weighted by atomic mass is 10.0. The first-order valence-electron chi connectivity index (χ1n) is 10.6. The van der Waals surface area contributed by atoms with E-state index in [1.165, 1.54) is 68.8 Å². The second-order valence-electron chi connectivity index (χ2n) is 8.17. The van der Waals surface area contributed by atoms with Crippen molar-refractivity contribution in [1.82, 2.24) is 9.80 Å². The molecule has 2 fully saturated rings. The van der Waals surface area contributed by atoms with Gasteiger partial charge in [-0.2, -0.15) is 0 Å². The molecule has 4 heteroatoms. The molecule has 2 aromatic rings. The smallest absolute Gasteiger partial charge is 0.0369 e. The fourth-order valence-electron chi connectivity index (χ4n) is 4.61. The highest BCUT2D eigenvalue weighted by Gasteiger charge is 2.27. The summed E-state index contributed by atoms with van der Waals surface area (Å²) in [4.78, 5) is 7.96. The molecule has 0 spiro atoms. The van der Waals surface area contributed by atoms with E-state index in [1.54, 1.807) is 0 Å². The number of piperazine rings is 1. The summed E-state index contributed by atoms with van der Waals surface area (Å²) in [5.41, 5.74) is 4.22. The van der Waals surface area contributed by atoms with Gasteiger partial charge in [-0.15, -0.1) is 12.4 Å². The van der Waals surface area contributed by atoms with Gasteiger partial charge in [-0.3, -0.25) is 4.90 Å². The van der Waals surface area contributed by atoms with E-state index in [9.17, 15) is 0 Å². The topological polar surface area (TPSA) is 9.72 Å². The lowest BCUT2D eigenvalue weighted by Crippen LogP contribution is -2.53. The first kappa shape index (κ1) is 21.2. The summed E-state index contributed by atoms with van der Waals surface area (Å²) in [6.45, 7) is 10.7. The second kappa shape index (κ2) is 10.3. The van der Waals surface area contributed by atoms with Gasteiger partial charge in [0.25, 0.3) is 0 Å². The molecule has 4 rings (SSSR count). The van der Waals surface area contributed by atoms with E-state index in [0.29, 0.717) is 0 Å². The van der Waals surface area contributed by atoms with Crippen LogP contribution in [0.15, 0.2) is 54.6 Å². The Morgan fingerprint density at radius 1 is 0.821 bits per heavy atom. The number of hydrogen-bond acceptors (Lipinski definition) is 3. The van der Waals surface area contributed by atoms with Gasteiger partial charge in [0.1, 0.15) is 0 Å². The van der Waals surface area contributed by atoms with E-state index < -0.39 is 0 Å². The van der Waals surface area contributed by atoms with Crippen molar-refractivity contribution in [2.45, 2.75) is 32.2 Å². The number of rotatable bonds is 5. The Bertz CT molecular complexity index is 705. The third-order valence-electron chi connectivity index (χ3n) is 6.31. The zero-order valence-corrected chi connectivity index (χ0v) is 17.9. The first-order valence-corrected chi connectivity index (χ1v) is 10.6. The van der Waals surface area contributed by atoms with E-state index >= 15 is 0 Å². The standard InChI is InChI=1S/C24H33N3.ClH/c1-21-6-5-9-24(20-21)27-18-16-26(17-19-27)23-11-14-25(15-12-23)13-10-22-7-3-2-4-8-22;/h2-9,20,23H,10-19H2,1H3;1H. The third kappa shape index (κ3) is 5.50. The molecule has 3 nitrogen and oxygen atoms in total. The Balaban J connectivity index is 0.00000225. The van der Waals surface area contributed by atoms with Crippen molar-refractivity contribution < 1.29 is 0 Å². The van der Waals surface area contributed by atoms with Crippen LogP contribution in [0.1, 0.15) is 24.0 Å². The lowest BCUT2D eigenvalue weighted by molar-refractivity contribution is 0.104. The van der Waals surface area contributed by atoms with Crippen molar-refractivity contribution in [3.63, 3.8) is 0 Å². The van der Waals surface area contributed by atoms with Crippen LogP contribution < -0.4 is 4.90 Å². The maximum Gasteiger partial charge on any atom is 0.0369 e. The summed E-state index contributed by atoms with van der Waals surface area (Å²) in [5.74, 6) is 0. The lowest BCUT2D eigenvalue weighted by Gasteiger charge is -2.43. The van der Waals surface area contributed by atoms with Crippen LogP contribution in [0.25, 0.3) is 0 Å². The van der Waals surface area contributed by atoms with Crippen molar-refractivity contribution in [3.8, 4) is 0 Å². The van der Waals surface area contributed by atoms with E-state index in [-0.39, 0.29) is 12.4 Å². The second-order valence-corrected chi connectivity index (χ2v) is 8.17. The zero-order valence-electron chi connectivity index (χ0n) is 17.1. The highest BCUT2D eigenvalue weighted by molar-refractivity contribution is 5.85. The Hall–Kier alpha value is -1.55. The van der Waals surface area contributed by atoms with Crippen LogP contribution in [0.2, 0.25) is 0 Å². The maximum atomic E-state index is 2.75. The van der Waals surface area contributed by atoms with Gasteiger partial charge in [-0.1, -0.05) is 42.5 Å². The molecule has 2 aliphatic rings. The third-order valence-corrected chi connectivity index (χ3v) is 6.31. The van der Waals surface area contributed by atoms with Crippen molar-refractivity contribution in [3.05, 3.63) is 65.7 Å². The Labute approximate surface area is 176 Å². The number of hydrogen-bond donors (Lipinski definition) is 0. The summed E-state index contributed by atoms with van der Waals surface area (Å²) in [7, 11) is 0. The van der Waals surface area contributed by atoms with Crippen LogP contribution in [0.3, 0.4) is 0 Å². The van der Waals surface area contributed by atoms with Crippen LogP contribution in [-0.2, 0) is 6.42 Å². The normalized spacial score (nSPS) is 19.4. The molecular weight excluding hydrogens is 366 g/mol. The largest absolute Gasteiger partial charge is 0.369 e. The summed E-state index contributed by atoms with van der Waals surface area (Å²) in [6.07, 6.45) is 3.85. The van der Waals surface area contributed by atoms with Gasteiger partial charge in [0.05, 0.1) is 0 Å². The van der Waals surface area contributed by atoms with Gasteiger partial charge in [0.2, 0.25) is 0 Å². The minimum absolute atomic E-state index is 0. The van der Waals surface area contributed by atoms with Gasteiger partial charge < -0.3 is 9.80 Å². The predicted molar refractivity (Wildman–Crippen MR) is 122 cm³/mol. The molecule has 0 saturated carbocycles. The van der Waals surface area contributed by atoms with E-state index in [1.807, 2.05) is 0 Å². The number of aryl methyl sites for hydroxylation is 1. The molecule has 2 aliphatic heterocycles. The fraction of sp³-hybridized carbons (Fsp3) is 0.500. The molecule has 2 saturated heterocycles. The van der Waals surface area contributed by atoms with Gasteiger partial charge in [-0.05, 0) is 62.5 Å². The number of likely N-dealkylation sites (tertiary alicyclic amines) is 1. The summed E-state index contributed by atoms with van der Waals surface area (Å²) in [5, 5.41) is 0. The van der Waals surface area contributed by atoms with Gasteiger partial charge in [-0.25, -0.2) is 0 Å². The molecule has 2 heterocycles. The molecule has 0 aliphatic carbocycles. The van der Waals surface area contributed by atoms with Crippen LogP contribution >= 0.6 is 12.4 Å². The maximum absolute atomic E-state index is 2.75. The van der Waals surface area contributed by atoms with E-state index in [4.69, 9.17) is 0 Å². The predicted octanol–water partition coefficient (Wildman–Crippen LogP) is 4.25. The molecule has 0 atom stereocenters. The number of halogens is 1. The molecular formula is C24H34ClN3. The Morgan fingerprint density at radius 2 is 1.54 bits per heavy atom. The van der Waals surface area contributed by atoms with Crippen molar-refractivity contribution in [1.29, 1.82) is 0 Å². The van der Waals surface area contributed by atoms with E-state index in [0.717, 1.165) is 19.1 Å². The van der Waals surface area contributed by atoms with Crippen molar-refractivity contribution >= 4 is 18.1 Å². The Kier molecular flexibility index (Phi) is 7.78. The number of benzene rings is 2. The van der Waals surface area contributed by atoms with Gasteiger partial charge in [0.15, 0.2) is 0 Å². The van der Waals surface area contributed by atoms with Gasteiger partial charge in [0, 0.05) is 44.5 Å². The van der Waals surface area contributed by atoms with Gasteiger partial charge >= 0.3 is 0 Å². The first-order chi connectivity index (χ1) is 13.3. The molecule has 0 N–H and O–H groups in total. The molecule has 0 unspecified atom stereocenters. The van der Waals surface area contributed by atoms with Crippen molar-refractivity contribution in [2.75, 3.05) is 50.7 Å². The number of anilines is 1. The molecule has 152 valence electrons. The molecule has 2 aromatic carbocycles. The van der Waals surface area contributed by atoms with Crippen molar-refractivity contribution in [2.24, 2.45) is 0 Å². The summed E-state index contributed by atoms with van der Waals surface area (Å²) >= 11 is 0. The average molecular weight is 400 g/mol.